The second-order valence-electron chi connectivity index (χ2n) is 5.30. The SMILES string of the molecule is C(=C\c1nnc(C2CCOC2)o1)/c1ccc2ccccc2n1. The second-order valence-corrected chi connectivity index (χ2v) is 5.30. The van der Waals surface area contributed by atoms with Crippen molar-refractivity contribution in [3.8, 4) is 0 Å². The molecule has 110 valence electrons. The molecule has 0 amide bonds. The third kappa shape index (κ3) is 2.63. The van der Waals surface area contributed by atoms with Crippen LogP contribution in [0.4, 0.5) is 0 Å². The summed E-state index contributed by atoms with van der Waals surface area (Å²) in [7, 11) is 0. The monoisotopic (exact) mass is 293 g/mol. The van der Waals surface area contributed by atoms with Crippen molar-refractivity contribution in [2.45, 2.75) is 12.3 Å². The minimum Gasteiger partial charge on any atom is -0.421 e. The Hall–Kier alpha value is -2.53. The van der Waals surface area contributed by atoms with Gasteiger partial charge in [0.2, 0.25) is 11.8 Å². The quantitative estimate of drug-likeness (QED) is 0.741. The predicted molar refractivity (Wildman–Crippen MR) is 83.1 cm³/mol. The van der Waals surface area contributed by atoms with Gasteiger partial charge in [-0.15, -0.1) is 10.2 Å². The molecule has 5 heteroatoms. The molecular weight excluding hydrogens is 278 g/mol. The lowest BCUT2D eigenvalue weighted by molar-refractivity contribution is 0.190. The lowest BCUT2D eigenvalue weighted by atomic mass is 10.1. The van der Waals surface area contributed by atoms with E-state index >= 15 is 0 Å². The van der Waals surface area contributed by atoms with Crippen LogP contribution >= 0.6 is 0 Å². The molecule has 1 saturated heterocycles. The lowest BCUT2D eigenvalue weighted by Gasteiger charge is -1.98. The van der Waals surface area contributed by atoms with Crippen molar-refractivity contribution in [3.63, 3.8) is 0 Å². The fourth-order valence-electron chi connectivity index (χ4n) is 2.54. The third-order valence-electron chi connectivity index (χ3n) is 3.75. The highest BCUT2D eigenvalue weighted by molar-refractivity contribution is 5.80. The summed E-state index contributed by atoms with van der Waals surface area (Å²) in [5.74, 6) is 1.38. The zero-order chi connectivity index (χ0) is 14.8. The van der Waals surface area contributed by atoms with Gasteiger partial charge in [0.15, 0.2) is 0 Å². The molecule has 2 aromatic heterocycles. The first-order chi connectivity index (χ1) is 10.9. The number of hydrogen-bond donors (Lipinski definition) is 0. The number of pyridine rings is 1. The Bertz CT molecular complexity index is 819. The van der Waals surface area contributed by atoms with E-state index < -0.39 is 0 Å². The van der Waals surface area contributed by atoms with Crippen molar-refractivity contribution in [2.24, 2.45) is 0 Å². The van der Waals surface area contributed by atoms with Gasteiger partial charge in [-0.25, -0.2) is 4.98 Å². The van der Waals surface area contributed by atoms with Gasteiger partial charge in [0.25, 0.3) is 0 Å². The Balaban J connectivity index is 1.55. The Morgan fingerprint density at radius 2 is 2.00 bits per heavy atom. The summed E-state index contributed by atoms with van der Waals surface area (Å²) in [6.07, 6.45) is 4.62. The Morgan fingerprint density at radius 3 is 2.91 bits per heavy atom. The fourth-order valence-corrected chi connectivity index (χ4v) is 2.54. The molecule has 1 aromatic carbocycles. The van der Waals surface area contributed by atoms with Crippen LogP contribution in [-0.4, -0.2) is 28.4 Å². The van der Waals surface area contributed by atoms with E-state index in [4.69, 9.17) is 9.15 Å². The maximum Gasteiger partial charge on any atom is 0.240 e. The number of para-hydroxylation sites is 1. The maximum atomic E-state index is 5.66. The molecule has 0 aliphatic carbocycles. The fraction of sp³-hybridized carbons (Fsp3) is 0.235. The van der Waals surface area contributed by atoms with Gasteiger partial charge in [-0.1, -0.05) is 24.3 Å². The molecule has 1 unspecified atom stereocenters. The van der Waals surface area contributed by atoms with Gasteiger partial charge in [0, 0.05) is 18.1 Å². The smallest absolute Gasteiger partial charge is 0.240 e. The van der Waals surface area contributed by atoms with Gasteiger partial charge >= 0.3 is 0 Å². The van der Waals surface area contributed by atoms with Crippen molar-refractivity contribution in [2.75, 3.05) is 13.2 Å². The molecule has 5 nitrogen and oxygen atoms in total. The maximum absolute atomic E-state index is 5.66. The second kappa shape index (κ2) is 5.69. The first-order valence-corrected chi connectivity index (χ1v) is 7.33. The number of nitrogens with zero attached hydrogens (tertiary/aromatic N) is 3. The molecule has 0 N–H and O–H groups in total. The Labute approximate surface area is 127 Å². The van der Waals surface area contributed by atoms with Crippen LogP contribution in [0.2, 0.25) is 0 Å². The highest BCUT2D eigenvalue weighted by Crippen LogP contribution is 2.24. The van der Waals surface area contributed by atoms with E-state index in [0.29, 0.717) is 18.4 Å². The van der Waals surface area contributed by atoms with Crippen LogP contribution in [-0.2, 0) is 4.74 Å². The zero-order valence-corrected chi connectivity index (χ0v) is 12.0. The summed E-state index contributed by atoms with van der Waals surface area (Å²) in [5.41, 5.74) is 1.83. The highest BCUT2D eigenvalue weighted by Gasteiger charge is 2.22. The molecular formula is C17H15N3O2. The normalized spacial score (nSPS) is 18.5. The van der Waals surface area contributed by atoms with Crippen LogP contribution in [0.5, 0.6) is 0 Å². The van der Waals surface area contributed by atoms with E-state index in [2.05, 4.69) is 21.2 Å². The summed E-state index contributed by atoms with van der Waals surface area (Å²) >= 11 is 0. The summed E-state index contributed by atoms with van der Waals surface area (Å²) in [6, 6.07) is 12.1. The summed E-state index contributed by atoms with van der Waals surface area (Å²) in [4.78, 5) is 4.58. The predicted octanol–water partition coefficient (Wildman–Crippen LogP) is 3.29. The molecule has 3 heterocycles. The van der Waals surface area contributed by atoms with Crippen molar-refractivity contribution in [3.05, 3.63) is 53.9 Å². The Morgan fingerprint density at radius 1 is 1.05 bits per heavy atom. The van der Waals surface area contributed by atoms with Crippen LogP contribution in [0.25, 0.3) is 23.1 Å². The van der Waals surface area contributed by atoms with E-state index in [1.165, 1.54) is 0 Å². The van der Waals surface area contributed by atoms with Gasteiger partial charge in [0.1, 0.15) is 0 Å². The molecule has 22 heavy (non-hydrogen) atoms. The number of fused-ring (bicyclic) bond motifs is 1. The van der Waals surface area contributed by atoms with Gasteiger partial charge in [-0.2, -0.15) is 0 Å². The van der Waals surface area contributed by atoms with Gasteiger partial charge in [-0.05, 0) is 24.6 Å². The molecule has 1 aliphatic heterocycles. The van der Waals surface area contributed by atoms with E-state index in [9.17, 15) is 0 Å². The van der Waals surface area contributed by atoms with E-state index in [0.717, 1.165) is 29.6 Å². The largest absolute Gasteiger partial charge is 0.421 e. The molecule has 1 atom stereocenters. The number of ether oxygens (including phenoxy) is 1. The first kappa shape index (κ1) is 13.2. The first-order valence-electron chi connectivity index (χ1n) is 7.33. The Kier molecular flexibility index (Phi) is 3.40. The molecule has 1 aliphatic rings. The lowest BCUT2D eigenvalue weighted by Crippen LogP contribution is -1.97. The van der Waals surface area contributed by atoms with Crippen LogP contribution in [0, 0.1) is 0 Å². The van der Waals surface area contributed by atoms with E-state index in [1.807, 2.05) is 36.4 Å². The van der Waals surface area contributed by atoms with Crippen LogP contribution in [0.15, 0.2) is 40.8 Å². The van der Waals surface area contributed by atoms with Crippen molar-refractivity contribution in [1.82, 2.24) is 15.2 Å². The van der Waals surface area contributed by atoms with Gasteiger partial charge in [0.05, 0.1) is 23.7 Å². The molecule has 0 saturated carbocycles. The van der Waals surface area contributed by atoms with Crippen molar-refractivity contribution < 1.29 is 9.15 Å². The number of benzene rings is 1. The van der Waals surface area contributed by atoms with Gasteiger partial charge in [-0.3, -0.25) is 0 Å². The van der Waals surface area contributed by atoms with Gasteiger partial charge < -0.3 is 9.15 Å². The van der Waals surface area contributed by atoms with E-state index in [-0.39, 0.29) is 5.92 Å². The molecule has 3 aromatic rings. The summed E-state index contributed by atoms with van der Waals surface area (Å²) < 4.78 is 11.0. The third-order valence-corrected chi connectivity index (χ3v) is 3.75. The van der Waals surface area contributed by atoms with Crippen molar-refractivity contribution >= 4 is 23.1 Å². The van der Waals surface area contributed by atoms with Crippen LogP contribution < -0.4 is 0 Å². The topological polar surface area (TPSA) is 61.0 Å². The minimum absolute atomic E-state index is 0.230. The van der Waals surface area contributed by atoms with E-state index in [1.54, 1.807) is 6.08 Å². The number of rotatable bonds is 3. The standard InChI is InChI=1S/C17H15N3O2/c1-2-4-15-12(3-1)5-6-14(18-15)7-8-16-19-20-17(22-16)13-9-10-21-11-13/h1-8,13H,9-11H2/b8-7+. The van der Waals surface area contributed by atoms with Crippen molar-refractivity contribution in [1.29, 1.82) is 0 Å². The number of aromatic nitrogens is 3. The highest BCUT2D eigenvalue weighted by atomic mass is 16.5. The van der Waals surface area contributed by atoms with Crippen LogP contribution in [0.3, 0.4) is 0 Å². The number of hydrogen-bond acceptors (Lipinski definition) is 5. The minimum atomic E-state index is 0.230. The molecule has 0 radical (unpaired) electrons. The average Bonchev–Trinajstić information content (AvgIpc) is 3.24. The molecule has 1 fully saturated rings. The summed E-state index contributed by atoms with van der Waals surface area (Å²) in [5, 5.41) is 9.27. The zero-order valence-electron chi connectivity index (χ0n) is 12.0. The average molecular weight is 293 g/mol. The molecule has 0 spiro atoms. The van der Waals surface area contributed by atoms with Crippen LogP contribution in [0.1, 0.15) is 29.8 Å². The summed E-state index contributed by atoms with van der Waals surface area (Å²) in [6.45, 7) is 1.43. The molecule has 4 rings (SSSR count). The molecule has 0 bridgehead atoms.